The number of hydrogen-bond donors (Lipinski definition) is 1. The summed E-state index contributed by atoms with van der Waals surface area (Å²) in [5, 5.41) is 3.05. The summed E-state index contributed by atoms with van der Waals surface area (Å²) in [7, 11) is 1.85. The maximum atomic E-state index is 6.03. The molecule has 6 heteroatoms. The fraction of sp³-hybridized carbons (Fsp3) is 0.300. The monoisotopic (exact) mass is 276 g/mol. The van der Waals surface area contributed by atoms with Crippen molar-refractivity contribution in [3.8, 4) is 11.3 Å². The summed E-state index contributed by atoms with van der Waals surface area (Å²) in [6.07, 6.45) is 1.66. The average molecular weight is 277 g/mol. The highest BCUT2D eigenvalue weighted by molar-refractivity contribution is 7.20. The highest BCUT2D eigenvalue weighted by Crippen LogP contribution is 2.38. The van der Waals surface area contributed by atoms with E-state index < -0.39 is 0 Å². The van der Waals surface area contributed by atoms with Crippen molar-refractivity contribution in [2.45, 2.75) is 13.0 Å². The predicted octanol–water partition coefficient (Wildman–Crippen LogP) is 3.99. The third-order valence-corrected chi connectivity index (χ3v) is 3.74. The molecule has 0 amide bonds. The van der Waals surface area contributed by atoms with Crippen molar-refractivity contribution < 1.29 is 4.42 Å². The molecule has 0 fully saturated rings. The average Bonchev–Trinajstić information content (AvgIpc) is 2.83. The van der Waals surface area contributed by atoms with Gasteiger partial charge in [0, 0.05) is 5.56 Å². The summed E-state index contributed by atoms with van der Waals surface area (Å²) in [5.41, 5.74) is 0.790. The van der Waals surface area contributed by atoms with Crippen LogP contribution in [0, 0.1) is 0 Å². The summed E-state index contributed by atoms with van der Waals surface area (Å²) in [6, 6.07) is 1.85. The Morgan fingerprint density at radius 3 is 2.81 bits per heavy atom. The lowest BCUT2D eigenvalue weighted by molar-refractivity contribution is 0.441. The Hall–Kier alpha value is -0.550. The van der Waals surface area contributed by atoms with Crippen molar-refractivity contribution in [3.63, 3.8) is 0 Å². The van der Waals surface area contributed by atoms with Crippen molar-refractivity contribution >= 4 is 34.5 Å². The van der Waals surface area contributed by atoms with Gasteiger partial charge in [0.15, 0.2) is 5.76 Å². The van der Waals surface area contributed by atoms with Crippen molar-refractivity contribution in [1.82, 2.24) is 10.3 Å². The summed E-state index contributed by atoms with van der Waals surface area (Å²) in [4.78, 5) is 4.19. The molecule has 0 aromatic carbocycles. The van der Waals surface area contributed by atoms with Crippen molar-refractivity contribution in [2.75, 3.05) is 7.05 Å². The topological polar surface area (TPSA) is 38.1 Å². The number of hydrogen-bond acceptors (Lipinski definition) is 4. The number of nitrogens with one attached hydrogen (secondary N) is 1. The second-order valence-corrected chi connectivity index (χ2v) is 5.60. The third-order valence-electron chi connectivity index (χ3n) is 2.25. The van der Waals surface area contributed by atoms with Gasteiger partial charge in [0.1, 0.15) is 4.34 Å². The fourth-order valence-electron chi connectivity index (χ4n) is 1.24. The summed E-state index contributed by atoms with van der Waals surface area (Å²) < 4.78 is 6.86. The molecule has 86 valence electrons. The van der Waals surface area contributed by atoms with Gasteiger partial charge in [-0.3, -0.25) is 0 Å². The normalized spacial score (nSPS) is 13.0. The molecule has 0 bridgehead atoms. The van der Waals surface area contributed by atoms with Crippen LogP contribution < -0.4 is 5.32 Å². The second-order valence-electron chi connectivity index (χ2n) is 3.31. The molecular weight excluding hydrogens is 267 g/mol. The molecule has 2 rings (SSSR count). The molecule has 0 aliphatic carbocycles. The van der Waals surface area contributed by atoms with Gasteiger partial charge in [0.2, 0.25) is 5.89 Å². The number of halogens is 2. The number of aromatic nitrogens is 1. The molecule has 2 aromatic heterocycles. The van der Waals surface area contributed by atoms with Crippen LogP contribution in [0.3, 0.4) is 0 Å². The van der Waals surface area contributed by atoms with E-state index in [9.17, 15) is 0 Å². The standard InChI is InChI=1S/C10H10Cl2N2OS/c1-5(13-2)10-14-4-7(15-10)6-3-8(11)16-9(6)12/h3-5,13H,1-2H3. The van der Waals surface area contributed by atoms with Crippen LogP contribution in [-0.4, -0.2) is 12.0 Å². The minimum atomic E-state index is 0.0710. The van der Waals surface area contributed by atoms with Crippen LogP contribution in [0.15, 0.2) is 16.7 Å². The van der Waals surface area contributed by atoms with Crippen LogP contribution in [0.1, 0.15) is 18.9 Å². The zero-order valence-electron chi connectivity index (χ0n) is 8.75. The maximum Gasteiger partial charge on any atom is 0.211 e. The van der Waals surface area contributed by atoms with Gasteiger partial charge in [0.25, 0.3) is 0 Å². The zero-order valence-corrected chi connectivity index (χ0v) is 11.1. The van der Waals surface area contributed by atoms with E-state index in [1.807, 2.05) is 14.0 Å². The molecular formula is C10H10Cl2N2OS. The van der Waals surface area contributed by atoms with Gasteiger partial charge < -0.3 is 9.73 Å². The van der Waals surface area contributed by atoms with Crippen molar-refractivity contribution in [3.05, 3.63) is 26.8 Å². The molecule has 0 saturated heterocycles. The molecule has 1 atom stereocenters. The van der Waals surface area contributed by atoms with Gasteiger partial charge in [0.05, 0.1) is 16.6 Å². The Labute approximate surface area is 107 Å². The predicted molar refractivity (Wildman–Crippen MR) is 67.3 cm³/mol. The number of rotatable bonds is 3. The molecule has 3 nitrogen and oxygen atoms in total. The van der Waals surface area contributed by atoms with E-state index in [0.29, 0.717) is 20.3 Å². The Morgan fingerprint density at radius 1 is 1.50 bits per heavy atom. The number of nitrogens with zero attached hydrogens (tertiary/aromatic N) is 1. The first-order chi connectivity index (χ1) is 7.61. The van der Waals surface area contributed by atoms with E-state index in [2.05, 4.69) is 10.3 Å². The van der Waals surface area contributed by atoms with Gasteiger partial charge in [-0.2, -0.15) is 0 Å². The van der Waals surface area contributed by atoms with Gasteiger partial charge in [-0.05, 0) is 20.0 Å². The molecule has 16 heavy (non-hydrogen) atoms. The largest absolute Gasteiger partial charge is 0.439 e. The third kappa shape index (κ3) is 2.25. The van der Waals surface area contributed by atoms with E-state index in [1.165, 1.54) is 11.3 Å². The van der Waals surface area contributed by atoms with E-state index in [-0.39, 0.29) is 6.04 Å². The summed E-state index contributed by atoms with van der Waals surface area (Å²) >= 11 is 13.2. The van der Waals surface area contributed by atoms with E-state index in [4.69, 9.17) is 27.6 Å². The molecule has 2 heterocycles. The molecule has 1 N–H and O–H groups in total. The Kier molecular flexibility index (Phi) is 3.54. The summed E-state index contributed by atoms with van der Waals surface area (Å²) in [5.74, 6) is 1.28. The lowest BCUT2D eigenvalue weighted by Gasteiger charge is -2.03. The highest BCUT2D eigenvalue weighted by atomic mass is 35.5. The Bertz CT molecular complexity index is 495. The first kappa shape index (κ1) is 11.9. The molecule has 0 radical (unpaired) electrons. The number of oxazole rings is 1. The lowest BCUT2D eigenvalue weighted by Crippen LogP contribution is -2.12. The van der Waals surface area contributed by atoms with Crippen LogP contribution in [0.5, 0.6) is 0 Å². The second kappa shape index (κ2) is 4.75. The Balaban J connectivity index is 2.35. The first-order valence-corrected chi connectivity index (χ1v) is 6.27. The smallest absolute Gasteiger partial charge is 0.211 e. The Morgan fingerprint density at radius 2 is 2.25 bits per heavy atom. The minimum absolute atomic E-state index is 0.0710. The SMILES string of the molecule is CNC(C)c1ncc(-c2cc(Cl)sc2Cl)o1. The van der Waals surface area contributed by atoms with Crippen LogP contribution in [0.2, 0.25) is 8.67 Å². The molecule has 0 spiro atoms. The van der Waals surface area contributed by atoms with Crippen molar-refractivity contribution in [1.29, 1.82) is 0 Å². The molecule has 0 saturated carbocycles. The maximum absolute atomic E-state index is 6.03. The van der Waals surface area contributed by atoms with Crippen LogP contribution >= 0.6 is 34.5 Å². The van der Waals surface area contributed by atoms with Crippen LogP contribution in [0.25, 0.3) is 11.3 Å². The molecule has 2 aromatic rings. The molecule has 0 aliphatic heterocycles. The quantitative estimate of drug-likeness (QED) is 0.921. The minimum Gasteiger partial charge on any atom is -0.439 e. The van der Waals surface area contributed by atoms with E-state index in [0.717, 1.165) is 5.56 Å². The van der Waals surface area contributed by atoms with E-state index in [1.54, 1.807) is 12.3 Å². The van der Waals surface area contributed by atoms with E-state index >= 15 is 0 Å². The van der Waals surface area contributed by atoms with Crippen LogP contribution in [-0.2, 0) is 0 Å². The summed E-state index contributed by atoms with van der Waals surface area (Å²) in [6.45, 7) is 1.97. The lowest BCUT2D eigenvalue weighted by atomic mass is 10.3. The van der Waals surface area contributed by atoms with Crippen molar-refractivity contribution in [2.24, 2.45) is 0 Å². The van der Waals surface area contributed by atoms with Gasteiger partial charge in [-0.15, -0.1) is 11.3 Å². The van der Waals surface area contributed by atoms with Gasteiger partial charge >= 0.3 is 0 Å². The van der Waals surface area contributed by atoms with Gasteiger partial charge in [-0.25, -0.2) is 4.98 Å². The zero-order chi connectivity index (χ0) is 11.7. The molecule has 1 unspecified atom stereocenters. The first-order valence-electron chi connectivity index (χ1n) is 4.70. The highest BCUT2D eigenvalue weighted by Gasteiger charge is 2.15. The van der Waals surface area contributed by atoms with Gasteiger partial charge in [-0.1, -0.05) is 23.2 Å². The fourth-order valence-corrected chi connectivity index (χ4v) is 2.72. The molecule has 0 aliphatic rings. The van der Waals surface area contributed by atoms with Crippen LogP contribution in [0.4, 0.5) is 0 Å². The number of thiophene rings is 1.